The van der Waals surface area contributed by atoms with Crippen LogP contribution in [0.25, 0.3) is 0 Å². The van der Waals surface area contributed by atoms with Gasteiger partial charge in [0.2, 0.25) is 0 Å². The van der Waals surface area contributed by atoms with E-state index in [1.54, 1.807) is 0 Å². The van der Waals surface area contributed by atoms with Gasteiger partial charge in [-0.15, -0.1) is 0 Å². The number of carboxylic acids is 1. The third kappa shape index (κ3) is 6.59. The minimum Gasteiger partial charge on any atom is -0.481 e. The predicted molar refractivity (Wildman–Crippen MR) is 99.4 cm³/mol. The molecule has 5 atom stereocenters. The average Bonchev–Trinajstić information content (AvgIpc) is 3.17. The highest BCUT2D eigenvalue weighted by atomic mass is 16.5. The number of fused-ring (bicyclic) bond motifs is 2. The summed E-state index contributed by atoms with van der Waals surface area (Å²) >= 11 is 0. The highest BCUT2D eigenvalue weighted by Crippen LogP contribution is 2.45. The molecule has 0 aromatic carbocycles. The Bertz CT molecular complexity index is 457. The first-order valence-corrected chi connectivity index (χ1v) is 10.0. The summed E-state index contributed by atoms with van der Waals surface area (Å²) in [4.78, 5) is 10.5. The smallest absolute Gasteiger partial charge is 0.303 e. The van der Waals surface area contributed by atoms with E-state index in [1.807, 2.05) is 6.08 Å². The number of rotatable bonds is 12. The molecule has 0 aliphatic carbocycles. The van der Waals surface area contributed by atoms with Gasteiger partial charge in [-0.2, -0.15) is 0 Å². The molecule has 2 bridgehead atoms. The fourth-order valence-electron chi connectivity index (χ4n) is 4.09. The van der Waals surface area contributed by atoms with Crippen LogP contribution in [0.5, 0.6) is 0 Å². The van der Waals surface area contributed by atoms with E-state index in [1.165, 1.54) is 12.8 Å². The number of aliphatic hydroxyl groups excluding tert-OH is 1. The molecule has 4 heteroatoms. The molecule has 2 fully saturated rings. The highest BCUT2D eigenvalue weighted by Gasteiger charge is 2.46. The molecule has 0 unspecified atom stereocenters. The second-order valence-electron chi connectivity index (χ2n) is 7.47. The maximum Gasteiger partial charge on any atom is 0.303 e. The van der Waals surface area contributed by atoms with E-state index in [9.17, 15) is 9.90 Å². The van der Waals surface area contributed by atoms with E-state index in [4.69, 9.17) is 9.84 Å². The van der Waals surface area contributed by atoms with Crippen molar-refractivity contribution in [3.63, 3.8) is 0 Å². The van der Waals surface area contributed by atoms with Gasteiger partial charge in [-0.05, 0) is 44.4 Å². The third-order valence-electron chi connectivity index (χ3n) is 5.48. The molecule has 142 valence electrons. The number of carboxylic acid groups (broad SMARTS) is 1. The van der Waals surface area contributed by atoms with Crippen LogP contribution in [0, 0.1) is 11.8 Å². The van der Waals surface area contributed by atoms with Crippen LogP contribution in [0.4, 0.5) is 0 Å². The van der Waals surface area contributed by atoms with Gasteiger partial charge < -0.3 is 14.9 Å². The van der Waals surface area contributed by atoms with Crippen LogP contribution in [0.15, 0.2) is 24.3 Å². The second kappa shape index (κ2) is 10.8. The Morgan fingerprint density at radius 3 is 2.76 bits per heavy atom. The van der Waals surface area contributed by atoms with Crippen molar-refractivity contribution < 1.29 is 19.7 Å². The lowest BCUT2D eigenvalue weighted by molar-refractivity contribution is -0.137. The van der Waals surface area contributed by atoms with E-state index in [-0.39, 0.29) is 12.5 Å². The highest BCUT2D eigenvalue weighted by molar-refractivity contribution is 5.66. The number of aliphatic hydroxyl groups is 1. The van der Waals surface area contributed by atoms with Crippen molar-refractivity contribution in [3.8, 4) is 0 Å². The van der Waals surface area contributed by atoms with Gasteiger partial charge in [0, 0.05) is 12.3 Å². The first kappa shape index (κ1) is 20.2. The van der Waals surface area contributed by atoms with E-state index in [2.05, 4.69) is 25.2 Å². The van der Waals surface area contributed by atoms with Crippen LogP contribution in [0.2, 0.25) is 0 Å². The molecule has 25 heavy (non-hydrogen) atoms. The average molecular weight is 350 g/mol. The van der Waals surface area contributed by atoms with Crippen molar-refractivity contribution in [2.24, 2.45) is 11.8 Å². The van der Waals surface area contributed by atoms with Crippen LogP contribution < -0.4 is 0 Å². The van der Waals surface area contributed by atoms with E-state index in [0.29, 0.717) is 30.5 Å². The maximum absolute atomic E-state index is 10.5. The molecule has 2 N–H and O–H groups in total. The lowest BCUT2D eigenvalue weighted by atomic mass is 9.77. The monoisotopic (exact) mass is 350 g/mol. The topological polar surface area (TPSA) is 66.8 Å². The summed E-state index contributed by atoms with van der Waals surface area (Å²) in [6, 6.07) is 0. The lowest BCUT2D eigenvalue weighted by Crippen LogP contribution is -2.25. The van der Waals surface area contributed by atoms with Crippen molar-refractivity contribution in [2.45, 2.75) is 89.4 Å². The summed E-state index contributed by atoms with van der Waals surface area (Å²) in [6.07, 6.45) is 18.1. The number of carbonyl (C=O) groups is 1. The zero-order valence-corrected chi connectivity index (χ0v) is 15.5. The van der Waals surface area contributed by atoms with Crippen LogP contribution >= 0.6 is 0 Å². The van der Waals surface area contributed by atoms with Crippen LogP contribution in [0.1, 0.15) is 71.1 Å². The number of aliphatic carboxylic acids is 1. The van der Waals surface area contributed by atoms with Gasteiger partial charge >= 0.3 is 5.97 Å². The van der Waals surface area contributed by atoms with Crippen LogP contribution in [0.3, 0.4) is 0 Å². The van der Waals surface area contributed by atoms with Crippen molar-refractivity contribution >= 4 is 5.97 Å². The van der Waals surface area contributed by atoms with Gasteiger partial charge in [0.15, 0.2) is 0 Å². The molecule has 0 saturated carbocycles. The zero-order valence-electron chi connectivity index (χ0n) is 15.5. The molecule has 2 aliphatic rings. The molecular formula is C21H34O4. The molecule has 2 heterocycles. The Hall–Kier alpha value is -1.13. The van der Waals surface area contributed by atoms with E-state index >= 15 is 0 Å². The molecule has 0 aromatic rings. The third-order valence-corrected chi connectivity index (χ3v) is 5.48. The molecular weight excluding hydrogens is 316 g/mol. The van der Waals surface area contributed by atoms with Crippen LogP contribution in [-0.2, 0) is 9.53 Å². The lowest BCUT2D eigenvalue weighted by Gasteiger charge is -2.25. The SMILES string of the molecule is CCCCC[C@H](O)/C=C/[C@H]1[C@@H](C/C=C\CCCC(=O)O)[C@H]2CC[C@@H]1O2. The van der Waals surface area contributed by atoms with Gasteiger partial charge in [0.25, 0.3) is 0 Å². The molecule has 2 saturated heterocycles. The largest absolute Gasteiger partial charge is 0.481 e. The minimum atomic E-state index is -0.724. The number of ether oxygens (including phenoxy) is 1. The van der Waals surface area contributed by atoms with E-state index in [0.717, 1.165) is 38.5 Å². The van der Waals surface area contributed by atoms with Crippen molar-refractivity contribution in [1.82, 2.24) is 0 Å². The molecule has 0 aromatic heterocycles. The fourth-order valence-corrected chi connectivity index (χ4v) is 4.09. The Labute approximate surface area is 152 Å². The maximum atomic E-state index is 10.5. The van der Waals surface area contributed by atoms with Gasteiger partial charge in [-0.1, -0.05) is 50.5 Å². The molecule has 4 nitrogen and oxygen atoms in total. The predicted octanol–water partition coefficient (Wildman–Crippen LogP) is 4.48. The minimum absolute atomic E-state index is 0.239. The van der Waals surface area contributed by atoms with Crippen molar-refractivity contribution in [2.75, 3.05) is 0 Å². The summed E-state index contributed by atoms with van der Waals surface area (Å²) in [5.74, 6) is 0.175. The van der Waals surface area contributed by atoms with Crippen LogP contribution in [-0.4, -0.2) is 34.5 Å². The number of hydrogen-bond acceptors (Lipinski definition) is 3. The normalized spacial score (nSPS) is 29.8. The van der Waals surface area contributed by atoms with Gasteiger partial charge in [0.05, 0.1) is 18.3 Å². The quantitative estimate of drug-likeness (QED) is 0.402. The Morgan fingerprint density at radius 2 is 2.00 bits per heavy atom. The molecule has 0 radical (unpaired) electrons. The summed E-state index contributed by atoms with van der Waals surface area (Å²) in [6.45, 7) is 2.18. The zero-order chi connectivity index (χ0) is 18.1. The van der Waals surface area contributed by atoms with Crippen molar-refractivity contribution in [1.29, 1.82) is 0 Å². The number of unbranched alkanes of at least 4 members (excludes halogenated alkanes) is 3. The Balaban J connectivity index is 1.78. The Morgan fingerprint density at radius 1 is 1.20 bits per heavy atom. The van der Waals surface area contributed by atoms with Gasteiger partial charge in [0.1, 0.15) is 0 Å². The molecule has 2 aliphatic heterocycles. The van der Waals surface area contributed by atoms with Crippen molar-refractivity contribution in [3.05, 3.63) is 24.3 Å². The molecule has 0 spiro atoms. The summed E-state index contributed by atoms with van der Waals surface area (Å²) in [5.41, 5.74) is 0. The van der Waals surface area contributed by atoms with Gasteiger partial charge in [-0.25, -0.2) is 0 Å². The van der Waals surface area contributed by atoms with Gasteiger partial charge in [-0.3, -0.25) is 4.79 Å². The second-order valence-corrected chi connectivity index (χ2v) is 7.47. The summed E-state index contributed by atoms with van der Waals surface area (Å²) in [5, 5.41) is 18.8. The fraction of sp³-hybridized carbons (Fsp3) is 0.762. The summed E-state index contributed by atoms with van der Waals surface area (Å²) < 4.78 is 6.09. The Kier molecular flexibility index (Phi) is 8.70. The number of hydrogen-bond donors (Lipinski definition) is 2. The standard InChI is InChI=1S/C21H34O4/c1-2-3-6-9-16(22)12-13-18-17(19-14-15-20(18)25-19)10-7-4-5-8-11-21(23)24/h4,7,12-13,16-20,22H,2-3,5-6,8-11,14-15H2,1H3,(H,23,24)/b7-4-,13-12+/t16-,17+,18-,19+,20-/m0/s1. The first-order chi connectivity index (χ1) is 12.1. The first-order valence-electron chi connectivity index (χ1n) is 10.0. The summed E-state index contributed by atoms with van der Waals surface area (Å²) in [7, 11) is 0. The molecule has 2 rings (SSSR count). The number of allylic oxidation sites excluding steroid dienone is 2. The molecule has 0 amide bonds. The van der Waals surface area contributed by atoms with E-state index < -0.39 is 5.97 Å².